The molecule has 0 amide bonds. The molecule has 0 atom stereocenters. The average molecular weight is 765 g/mol. The van der Waals surface area contributed by atoms with Crippen LogP contribution in [0.5, 0.6) is 0 Å². The number of hydrogen-bond donors (Lipinski definition) is 0. The maximum absolute atomic E-state index is 6.86. The Kier molecular flexibility index (Phi) is 6.95. The molecular formula is C55H32N4O. The fraction of sp³-hybridized carbons (Fsp3) is 0. The van der Waals surface area contributed by atoms with Crippen molar-refractivity contribution in [3.8, 4) is 39.9 Å². The van der Waals surface area contributed by atoms with Gasteiger partial charge < -0.3 is 4.42 Å². The molecule has 278 valence electrons. The summed E-state index contributed by atoms with van der Waals surface area (Å²) in [4.78, 5) is 16.0. The zero-order chi connectivity index (χ0) is 39.3. The van der Waals surface area contributed by atoms with Crippen molar-refractivity contribution in [3.63, 3.8) is 0 Å². The van der Waals surface area contributed by atoms with Gasteiger partial charge in [0, 0.05) is 43.8 Å². The quantitative estimate of drug-likeness (QED) is 0.179. The SMILES string of the molecule is c1ccc2cc(-c3nc(-c4ccc5ccccc5c4)nc(-n4c5ccc6ccccc6c5c5cccc(-c6cccc7c6oc6ccc8ccccc8c67)c54)n3)ccc2c1. The van der Waals surface area contributed by atoms with Crippen molar-refractivity contribution in [2.75, 3.05) is 0 Å². The molecule has 10 aromatic carbocycles. The first-order valence-electron chi connectivity index (χ1n) is 20.3. The molecule has 0 fully saturated rings. The van der Waals surface area contributed by atoms with E-state index in [0.717, 1.165) is 87.5 Å². The predicted molar refractivity (Wildman–Crippen MR) is 248 cm³/mol. The lowest BCUT2D eigenvalue weighted by molar-refractivity contribution is 0.670. The maximum Gasteiger partial charge on any atom is 0.238 e. The predicted octanol–water partition coefficient (Wildman–Crippen LogP) is 14.5. The Bertz CT molecular complexity index is 3820. The molecule has 0 aliphatic heterocycles. The van der Waals surface area contributed by atoms with Crippen LogP contribution in [0.15, 0.2) is 199 Å². The standard InChI is InChI=1S/C55H32N4O/c1-3-15-37-31-39(25-23-33(37)11-1)53-56-54(40-26-24-34-12-2-4-16-38(34)32-40)58-55(57-53)59-47-29-27-35-13-5-7-17-41(35)49(47)45-21-9-19-43(51(45)59)44-20-10-22-46-50-42-18-8-6-14-36(42)28-30-48(50)60-52(44)46/h1-32H. The molecule has 0 aliphatic carbocycles. The summed E-state index contributed by atoms with van der Waals surface area (Å²) in [5.74, 6) is 1.75. The molecule has 60 heavy (non-hydrogen) atoms. The van der Waals surface area contributed by atoms with E-state index in [0.29, 0.717) is 17.6 Å². The third-order valence-corrected chi connectivity index (χ3v) is 12.2. The number of para-hydroxylation sites is 2. The Balaban J connectivity index is 1.15. The van der Waals surface area contributed by atoms with Crippen LogP contribution in [-0.4, -0.2) is 19.5 Å². The minimum Gasteiger partial charge on any atom is -0.455 e. The smallest absolute Gasteiger partial charge is 0.238 e. The van der Waals surface area contributed by atoms with Gasteiger partial charge >= 0.3 is 0 Å². The molecule has 5 heteroatoms. The van der Waals surface area contributed by atoms with Gasteiger partial charge in [-0.25, -0.2) is 4.98 Å². The topological polar surface area (TPSA) is 56.7 Å². The zero-order valence-electron chi connectivity index (χ0n) is 32.2. The molecular weight excluding hydrogens is 733 g/mol. The van der Waals surface area contributed by atoms with Crippen LogP contribution in [0, 0.1) is 0 Å². The van der Waals surface area contributed by atoms with Crippen molar-refractivity contribution >= 4 is 86.8 Å². The van der Waals surface area contributed by atoms with Gasteiger partial charge in [0.25, 0.3) is 0 Å². The Labute approximate surface area is 343 Å². The van der Waals surface area contributed by atoms with Crippen LogP contribution in [0.2, 0.25) is 0 Å². The van der Waals surface area contributed by atoms with E-state index in [1.54, 1.807) is 0 Å². The van der Waals surface area contributed by atoms with Crippen molar-refractivity contribution in [2.45, 2.75) is 0 Å². The average Bonchev–Trinajstić information content (AvgIpc) is 3.88. The molecule has 0 unspecified atom stereocenters. The summed E-state index contributed by atoms with van der Waals surface area (Å²) >= 11 is 0. The summed E-state index contributed by atoms with van der Waals surface area (Å²) in [5, 5.41) is 13.8. The molecule has 0 radical (unpaired) electrons. The highest BCUT2D eigenvalue weighted by Crippen LogP contribution is 2.45. The summed E-state index contributed by atoms with van der Waals surface area (Å²) in [7, 11) is 0. The third kappa shape index (κ3) is 4.90. The monoisotopic (exact) mass is 764 g/mol. The summed E-state index contributed by atoms with van der Waals surface area (Å²) in [5.41, 5.74) is 7.61. The fourth-order valence-electron chi connectivity index (χ4n) is 9.42. The summed E-state index contributed by atoms with van der Waals surface area (Å²) in [6.07, 6.45) is 0. The van der Waals surface area contributed by atoms with Gasteiger partial charge in [-0.05, 0) is 67.4 Å². The molecule has 5 nitrogen and oxygen atoms in total. The van der Waals surface area contributed by atoms with E-state index in [2.05, 4.69) is 199 Å². The first kappa shape index (κ1) is 32.9. The highest BCUT2D eigenvalue weighted by atomic mass is 16.3. The second-order valence-electron chi connectivity index (χ2n) is 15.6. The lowest BCUT2D eigenvalue weighted by Crippen LogP contribution is -2.07. The van der Waals surface area contributed by atoms with Gasteiger partial charge in [-0.1, -0.05) is 170 Å². The van der Waals surface area contributed by atoms with Crippen molar-refractivity contribution in [1.29, 1.82) is 0 Å². The molecule has 0 aliphatic rings. The van der Waals surface area contributed by atoms with E-state index in [1.807, 2.05) is 0 Å². The van der Waals surface area contributed by atoms with Crippen molar-refractivity contribution in [2.24, 2.45) is 0 Å². The van der Waals surface area contributed by atoms with Crippen LogP contribution in [0.3, 0.4) is 0 Å². The molecule has 0 spiro atoms. The van der Waals surface area contributed by atoms with Crippen molar-refractivity contribution < 1.29 is 4.42 Å². The lowest BCUT2D eigenvalue weighted by atomic mass is 9.97. The Morgan fingerprint density at radius 2 is 0.883 bits per heavy atom. The summed E-state index contributed by atoms with van der Waals surface area (Å²) < 4.78 is 9.11. The first-order valence-corrected chi connectivity index (χ1v) is 20.3. The van der Waals surface area contributed by atoms with E-state index in [9.17, 15) is 0 Å². The van der Waals surface area contributed by atoms with Crippen LogP contribution in [0.1, 0.15) is 0 Å². The molecule has 3 aromatic heterocycles. The van der Waals surface area contributed by atoms with Crippen LogP contribution >= 0.6 is 0 Å². The first-order chi connectivity index (χ1) is 29.7. The molecule has 3 heterocycles. The summed E-state index contributed by atoms with van der Waals surface area (Å²) in [6, 6.07) is 68.6. The fourth-order valence-corrected chi connectivity index (χ4v) is 9.42. The van der Waals surface area contributed by atoms with Crippen LogP contribution < -0.4 is 0 Å². The molecule has 0 saturated carbocycles. The van der Waals surface area contributed by atoms with Crippen LogP contribution in [0.4, 0.5) is 0 Å². The van der Waals surface area contributed by atoms with Gasteiger partial charge in [0.15, 0.2) is 11.6 Å². The minimum atomic E-state index is 0.543. The second kappa shape index (κ2) is 12.7. The highest BCUT2D eigenvalue weighted by Gasteiger charge is 2.24. The number of nitrogens with zero attached hydrogens (tertiary/aromatic N) is 4. The number of benzene rings is 10. The molecule has 0 bridgehead atoms. The van der Waals surface area contributed by atoms with E-state index in [-0.39, 0.29) is 0 Å². The van der Waals surface area contributed by atoms with E-state index in [4.69, 9.17) is 19.4 Å². The van der Waals surface area contributed by atoms with Gasteiger partial charge in [-0.3, -0.25) is 4.57 Å². The maximum atomic E-state index is 6.86. The molecule has 0 saturated heterocycles. The minimum absolute atomic E-state index is 0.543. The lowest BCUT2D eigenvalue weighted by Gasteiger charge is -2.13. The van der Waals surface area contributed by atoms with Gasteiger partial charge in [0.1, 0.15) is 11.2 Å². The Hall–Kier alpha value is -8.15. The van der Waals surface area contributed by atoms with Gasteiger partial charge in [-0.2, -0.15) is 9.97 Å². The number of rotatable bonds is 4. The van der Waals surface area contributed by atoms with E-state index < -0.39 is 0 Å². The van der Waals surface area contributed by atoms with Gasteiger partial charge in [0.2, 0.25) is 5.95 Å². The van der Waals surface area contributed by atoms with E-state index in [1.165, 1.54) is 21.5 Å². The van der Waals surface area contributed by atoms with Crippen molar-refractivity contribution in [3.05, 3.63) is 194 Å². The number of fused-ring (bicyclic) bond motifs is 12. The normalized spacial score (nSPS) is 12.0. The second-order valence-corrected chi connectivity index (χ2v) is 15.6. The summed E-state index contributed by atoms with van der Waals surface area (Å²) in [6.45, 7) is 0. The van der Waals surface area contributed by atoms with E-state index >= 15 is 0 Å². The van der Waals surface area contributed by atoms with Gasteiger partial charge in [-0.15, -0.1) is 0 Å². The van der Waals surface area contributed by atoms with Crippen LogP contribution in [-0.2, 0) is 0 Å². The largest absolute Gasteiger partial charge is 0.455 e. The van der Waals surface area contributed by atoms with Crippen LogP contribution in [0.25, 0.3) is 127 Å². The third-order valence-electron chi connectivity index (χ3n) is 12.2. The highest BCUT2D eigenvalue weighted by molar-refractivity contribution is 6.25. The van der Waals surface area contributed by atoms with Gasteiger partial charge in [0.05, 0.1) is 11.0 Å². The molecule has 13 rings (SSSR count). The molecule has 13 aromatic rings. The Morgan fingerprint density at radius 1 is 0.367 bits per heavy atom. The molecule has 0 N–H and O–H groups in total. The number of hydrogen-bond acceptors (Lipinski definition) is 4. The number of furan rings is 1. The zero-order valence-corrected chi connectivity index (χ0v) is 32.2. The number of aromatic nitrogens is 4. The Morgan fingerprint density at radius 3 is 1.55 bits per heavy atom. The van der Waals surface area contributed by atoms with Crippen molar-refractivity contribution in [1.82, 2.24) is 19.5 Å².